The topological polar surface area (TPSA) is 35.2 Å². The fourth-order valence-corrected chi connectivity index (χ4v) is 2.98. The minimum atomic E-state index is -0.630. The van der Waals surface area contributed by atoms with E-state index in [9.17, 15) is 0 Å². The van der Waals surface area contributed by atoms with Gasteiger partial charge in [-0.1, -0.05) is 36.4 Å². The fourth-order valence-electron chi connectivity index (χ4n) is 2.17. The summed E-state index contributed by atoms with van der Waals surface area (Å²) in [6, 6.07) is 14.2. The van der Waals surface area contributed by atoms with E-state index in [1.54, 1.807) is 11.3 Å². The van der Waals surface area contributed by atoms with Gasteiger partial charge in [0.1, 0.15) is 0 Å². The van der Waals surface area contributed by atoms with Gasteiger partial charge in [-0.05, 0) is 23.1 Å². The first-order chi connectivity index (χ1) is 8.76. The van der Waals surface area contributed by atoms with Crippen LogP contribution in [-0.4, -0.2) is 0 Å². The van der Waals surface area contributed by atoms with Crippen molar-refractivity contribution in [2.24, 2.45) is 5.73 Å². The van der Waals surface area contributed by atoms with Crippen molar-refractivity contribution in [2.45, 2.75) is 18.6 Å². The van der Waals surface area contributed by atoms with Crippen molar-refractivity contribution in [3.63, 3.8) is 0 Å². The van der Waals surface area contributed by atoms with Crippen molar-refractivity contribution in [1.29, 1.82) is 0 Å². The molecule has 2 N–H and O–H groups in total. The Morgan fingerprint density at radius 2 is 2.00 bits per heavy atom. The molecule has 1 aromatic heterocycles. The number of hydrogen-bond donors (Lipinski definition) is 1. The second-order valence-electron chi connectivity index (χ2n) is 4.49. The van der Waals surface area contributed by atoms with Gasteiger partial charge in [0.2, 0.25) is 0 Å². The molecule has 0 amide bonds. The molecular formula is C15H15NOS. The molecule has 1 aliphatic rings. The molecule has 92 valence electrons. The standard InChI is InChI=1S/C15H15NOS/c16-15(14-7-4-10-18-14)9-8-13(17-15)11-12-5-2-1-3-6-12/h1-7,10-11H,8-9,16H2/b13-11+. The van der Waals surface area contributed by atoms with Gasteiger partial charge >= 0.3 is 0 Å². The normalized spacial score (nSPS) is 25.3. The van der Waals surface area contributed by atoms with E-state index in [0.717, 1.165) is 29.0 Å². The third-order valence-corrected chi connectivity index (χ3v) is 4.15. The molecule has 0 aliphatic carbocycles. The Bertz CT molecular complexity index is 547. The summed E-state index contributed by atoms with van der Waals surface area (Å²) in [5, 5.41) is 2.03. The Hall–Kier alpha value is -1.58. The molecular weight excluding hydrogens is 242 g/mol. The zero-order chi connectivity index (χ0) is 12.4. The molecule has 0 bridgehead atoms. The number of rotatable bonds is 2. The molecule has 0 saturated carbocycles. The van der Waals surface area contributed by atoms with E-state index in [1.165, 1.54) is 0 Å². The average molecular weight is 257 g/mol. The number of thiophene rings is 1. The van der Waals surface area contributed by atoms with Crippen LogP contribution < -0.4 is 5.73 Å². The lowest BCUT2D eigenvalue weighted by Gasteiger charge is -2.21. The highest BCUT2D eigenvalue weighted by molar-refractivity contribution is 7.10. The molecule has 3 rings (SSSR count). The monoisotopic (exact) mass is 257 g/mol. The van der Waals surface area contributed by atoms with Crippen molar-refractivity contribution in [1.82, 2.24) is 0 Å². The van der Waals surface area contributed by atoms with Crippen LogP contribution in [0.4, 0.5) is 0 Å². The lowest BCUT2D eigenvalue weighted by molar-refractivity contribution is 0.0477. The van der Waals surface area contributed by atoms with Crippen LogP contribution in [0, 0.1) is 0 Å². The molecule has 2 heterocycles. The minimum Gasteiger partial charge on any atom is -0.472 e. The van der Waals surface area contributed by atoms with Gasteiger partial charge < -0.3 is 4.74 Å². The van der Waals surface area contributed by atoms with Crippen LogP contribution in [0.1, 0.15) is 23.3 Å². The van der Waals surface area contributed by atoms with Crippen molar-refractivity contribution >= 4 is 17.4 Å². The summed E-state index contributed by atoms with van der Waals surface area (Å²) in [6.07, 6.45) is 3.80. The molecule has 1 saturated heterocycles. The van der Waals surface area contributed by atoms with E-state index in [1.807, 2.05) is 35.7 Å². The molecule has 0 spiro atoms. The summed E-state index contributed by atoms with van der Waals surface area (Å²) in [4.78, 5) is 1.10. The van der Waals surface area contributed by atoms with Crippen LogP contribution in [-0.2, 0) is 10.5 Å². The molecule has 1 fully saturated rings. The summed E-state index contributed by atoms with van der Waals surface area (Å²) < 4.78 is 5.95. The summed E-state index contributed by atoms with van der Waals surface area (Å²) in [6.45, 7) is 0. The molecule has 1 aliphatic heterocycles. The van der Waals surface area contributed by atoms with E-state index in [-0.39, 0.29) is 0 Å². The third-order valence-electron chi connectivity index (χ3n) is 3.12. The predicted octanol–water partition coefficient (Wildman–Crippen LogP) is 3.71. The first-order valence-electron chi connectivity index (χ1n) is 6.04. The van der Waals surface area contributed by atoms with Crippen LogP contribution in [0.15, 0.2) is 53.6 Å². The van der Waals surface area contributed by atoms with Crippen LogP contribution >= 0.6 is 11.3 Å². The maximum absolute atomic E-state index is 6.32. The highest BCUT2D eigenvalue weighted by Gasteiger charge is 2.36. The largest absolute Gasteiger partial charge is 0.472 e. The Labute approximate surface area is 111 Å². The van der Waals surface area contributed by atoms with Gasteiger partial charge in [-0.15, -0.1) is 11.3 Å². The van der Waals surface area contributed by atoms with E-state index in [2.05, 4.69) is 18.2 Å². The van der Waals surface area contributed by atoms with Gasteiger partial charge in [0.15, 0.2) is 5.72 Å². The molecule has 18 heavy (non-hydrogen) atoms. The number of benzene rings is 1. The summed E-state index contributed by atoms with van der Waals surface area (Å²) in [5.74, 6) is 0.970. The number of ether oxygens (including phenoxy) is 1. The molecule has 1 aromatic carbocycles. The highest BCUT2D eigenvalue weighted by atomic mass is 32.1. The lowest BCUT2D eigenvalue weighted by Crippen LogP contribution is -2.34. The summed E-state index contributed by atoms with van der Waals surface area (Å²) in [7, 11) is 0. The molecule has 2 aromatic rings. The van der Waals surface area contributed by atoms with Crippen molar-refractivity contribution in [3.8, 4) is 0 Å². The quantitative estimate of drug-likeness (QED) is 0.890. The number of hydrogen-bond acceptors (Lipinski definition) is 3. The van der Waals surface area contributed by atoms with E-state index >= 15 is 0 Å². The van der Waals surface area contributed by atoms with Gasteiger partial charge in [-0.25, -0.2) is 0 Å². The van der Waals surface area contributed by atoms with Crippen LogP contribution in [0.2, 0.25) is 0 Å². The van der Waals surface area contributed by atoms with Crippen molar-refractivity contribution in [3.05, 3.63) is 64.0 Å². The molecule has 2 nitrogen and oxygen atoms in total. The number of nitrogens with two attached hydrogens (primary N) is 1. The minimum absolute atomic E-state index is 0.630. The summed E-state index contributed by atoms with van der Waals surface area (Å²) in [5.41, 5.74) is 6.84. The van der Waals surface area contributed by atoms with Crippen molar-refractivity contribution in [2.75, 3.05) is 0 Å². The second kappa shape index (κ2) is 4.59. The van der Waals surface area contributed by atoms with E-state index in [4.69, 9.17) is 10.5 Å². The number of allylic oxidation sites excluding steroid dienone is 1. The molecule has 0 radical (unpaired) electrons. The highest BCUT2D eigenvalue weighted by Crippen LogP contribution is 2.39. The second-order valence-corrected chi connectivity index (χ2v) is 5.44. The average Bonchev–Trinajstić information content (AvgIpc) is 3.01. The lowest BCUT2D eigenvalue weighted by atomic mass is 10.1. The molecule has 1 unspecified atom stereocenters. The maximum Gasteiger partial charge on any atom is 0.193 e. The third kappa shape index (κ3) is 2.19. The van der Waals surface area contributed by atoms with Gasteiger partial charge in [0.25, 0.3) is 0 Å². The van der Waals surface area contributed by atoms with Crippen LogP contribution in [0.5, 0.6) is 0 Å². The van der Waals surface area contributed by atoms with Gasteiger partial charge in [0, 0.05) is 12.8 Å². The van der Waals surface area contributed by atoms with Crippen molar-refractivity contribution < 1.29 is 4.74 Å². The molecule has 3 heteroatoms. The van der Waals surface area contributed by atoms with Gasteiger partial charge in [-0.2, -0.15) is 0 Å². The maximum atomic E-state index is 6.32. The summed E-state index contributed by atoms with van der Waals surface area (Å²) >= 11 is 1.65. The SMILES string of the molecule is NC1(c2cccs2)CC/C(=C\c2ccccc2)O1. The Morgan fingerprint density at radius 1 is 1.17 bits per heavy atom. The smallest absolute Gasteiger partial charge is 0.193 e. The van der Waals surface area contributed by atoms with Gasteiger partial charge in [-0.3, -0.25) is 5.73 Å². The first kappa shape index (κ1) is 11.5. The zero-order valence-electron chi connectivity index (χ0n) is 10.0. The first-order valence-corrected chi connectivity index (χ1v) is 6.92. The predicted molar refractivity (Wildman–Crippen MR) is 74.9 cm³/mol. The molecule has 1 atom stereocenters. The Balaban J connectivity index is 1.82. The zero-order valence-corrected chi connectivity index (χ0v) is 10.8. The van der Waals surface area contributed by atoms with Crippen LogP contribution in [0.3, 0.4) is 0 Å². The van der Waals surface area contributed by atoms with Crippen LogP contribution in [0.25, 0.3) is 6.08 Å². The van der Waals surface area contributed by atoms with E-state index < -0.39 is 5.72 Å². The van der Waals surface area contributed by atoms with Gasteiger partial charge in [0.05, 0.1) is 10.6 Å². The fraction of sp³-hybridized carbons (Fsp3) is 0.200. The van der Waals surface area contributed by atoms with E-state index in [0.29, 0.717) is 0 Å². The Morgan fingerprint density at radius 3 is 2.72 bits per heavy atom. The Kier molecular flexibility index (Phi) is 2.94.